The highest BCUT2D eigenvalue weighted by atomic mass is 32.2. The van der Waals surface area contributed by atoms with E-state index in [1.54, 1.807) is 18.3 Å². The third-order valence-electron chi connectivity index (χ3n) is 3.72. The molecule has 1 aromatic heterocycles. The molecule has 1 aliphatic rings. The number of carbonyl (C=O) groups is 1. The van der Waals surface area contributed by atoms with Crippen molar-refractivity contribution in [2.45, 2.75) is 6.10 Å². The molecule has 0 bridgehead atoms. The number of carbonyl (C=O) groups excluding carboxylic acids is 1. The fourth-order valence-electron chi connectivity index (χ4n) is 2.59. The Bertz CT molecular complexity index is 664. The maximum Gasteiger partial charge on any atom is 0.252 e. The molecule has 8 nitrogen and oxygen atoms in total. The number of aliphatic hydroxyl groups excluding tert-OH is 1. The molecule has 2 heterocycles. The first-order valence-corrected chi connectivity index (χ1v) is 9.40. The van der Waals surface area contributed by atoms with Crippen molar-refractivity contribution in [3.63, 3.8) is 0 Å². The van der Waals surface area contributed by atoms with Gasteiger partial charge in [-0.25, -0.2) is 13.4 Å². The molecule has 0 aliphatic carbocycles. The number of primary amides is 1. The molecule has 128 valence electrons. The van der Waals surface area contributed by atoms with Gasteiger partial charge in [0.15, 0.2) is 0 Å². The number of hydrogen-bond acceptors (Lipinski definition) is 7. The number of pyridine rings is 1. The number of amides is 1. The minimum atomic E-state index is -3.05. The summed E-state index contributed by atoms with van der Waals surface area (Å²) in [5, 5.41) is 10.2. The Kier molecular flexibility index (Phi) is 5.55. The van der Waals surface area contributed by atoms with Gasteiger partial charge in [0.25, 0.3) is 5.91 Å². The Morgan fingerprint density at radius 1 is 1.43 bits per heavy atom. The number of nitrogens with zero attached hydrogens (tertiary/aromatic N) is 3. The summed E-state index contributed by atoms with van der Waals surface area (Å²) in [5.41, 5.74) is 5.68. The zero-order chi connectivity index (χ0) is 17.0. The standard InChI is InChI=1S/C14H22N4O4S/c1-23(21,22)8-7-17-5-6-18(10-11(19)9-17)14-12(13(15)20)3-2-4-16-14/h2-4,11,19H,5-10H2,1H3,(H2,15,20). The maximum absolute atomic E-state index is 11.5. The summed E-state index contributed by atoms with van der Waals surface area (Å²) >= 11 is 0. The van der Waals surface area contributed by atoms with E-state index in [4.69, 9.17) is 5.73 Å². The quantitative estimate of drug-likeness (QED) is 0.683. The second-order valence-electron chi connectivity index (χ2n) is 5.77. The van der Waals surface area contributed by atoms with E-state index in [0.29, 0.717) is 44.1 Å². The number of β-amino-alcohol motifs (C(OH)–C–C–N with tert-alkyl or cyclic N) is 1. The van der Waals surface area contributed by atoms with Crippen molar-refractivity contribution >= 4 is 21.6 Å². The third kappa shape index (κ3) is 5.15. The SMILES string of the molecule is CS(=O)(=O)CCN1CCN(c2ncccc2C(N)=O)CC(O)C1. The highest BCUT2D eigenvalue weighted by Gasteiger charge is 2.25. The summed E-state index contributed by atoms with van der Waals surface area (Å²) < 4.78 is 22.6. The number of rotatable bonds is 5. The van der Waals surface area contributed by atoms with Gasteiger partial charge in [-0.15, -0.1) is 0 Å². The number of aliphatic hydroxyl groups is 1. The van der Waals surface area contributed by atoms with E-state index < -0.39 is 21.8 Å². The lowest BCUT2D eigenvalue weighted by Crippen LogP contribution is -2.36. The average Bonchev–Trinajstić information content (AvgIpc) is 2.66. The minimum Gasteiger partial charge on any atom is -0.390 e. The number of aromatic nitrogens is 1. The number of nitrogens with two attached hydrogens (primary N) is 1. The summed E-state index contributed by atoms with van der Waals surface area (Å²) in [7, 11) is -3.05. The van der Waals surface area contributed by atoms with E-state index in [0.717, 1.165) is 0 Å². The van der Waals surface area contributed by atoms with E-state index in [2.05, 4.69) is 4.98 Å². The van der Waals surface area contributed by atoms with E-state index in [9.17, 15) is 18.3 Å². The van der Waals surface area contributed by atoms with E-state index >= 15 is 0 Å². The van der Waals surface area contributed by atoms with Crippen LogP contribution in [-0.2, 0) is 9.84 Å². The van der Waals surface area contributed by atoms with Crippen LogP contribution in [0.15, 0.2) is 18.3 Å². The van der Waals surface area contributed by atoms with Crippen molar-refractivity contribution < 1.29 is 18.3 Å². The first-order chi connectivity index (χ1) is 10.8. The predicted octanol–water partition coefficient (Wildman–Crippen LogP) is -1.29. The van der Waals surface area contributed by atoms with Crippen LogP contribution in [0.1, 0.15) is 10.4 Å². The van der Waals surface area contributed by atoms with Crippen molar-refractivity contribution in [1.82, 2.24) is 9.88 Å². The maximum atomic E-state index is 11.5. The van der Waals surface area contributed by atoms with Crippen molar-refractivity contribution in [1.29, 1.82) is 0 Å². The van der Waals surface area contributed by atoms with Crippen LogP contribution >= 0.6 is 0 Å². The van der Waals surface area contributed by atoms with Crippen molar-refractivity contribution in [2.24, 2.45) is 5.73 Å². The molecule has 1 atom stereocenters. The van der Waals surface area contributed by atoms with Crippen molar-refractivity contribution in [3.05, 3.63) is 23.9 Å². The predicted molar refractivity (Wildman–Crippen MR) is 87.1 cm³/mol. The first-order valence-electron chi connectivity index (χ1n) is 7.34. The van der Waals surface area contributed by atoms with Gasteiger partial charge >= 0.3 is 0 Å². The second kappa shape index (κ2) is 7.24. The highest BCUT2D eigenvalue weighted by molar-refractivity contribution is 7.90. The monoisotopic (exact) mass is 342 g/mol. The Labute approximate surface area is 135 Å². The molecule has 1 saturated heterocycles. The lowest BCUT2D eigenvalue weighted by atomic mass is 10.2. The van der Waals surface area contributed by atoms with Crippen LogP contribution < -0.4 is 10.6 Å². The van der Waals surface area contributed by atoms with Crippen LogP contribution in [0.4, 0.5) is 5.82 Å². The molecule has 2 rings (SSSR count). The van der Waals surface area contributed by atoms with Crippen LogP contribution in [-0.4, -0.2) is 80.2 Å². The zero-order valence-corrected chi connectivity index (χ0v) is 13.9. The molecule has 1 aromatic rings. The largest absolute Gasteiger partial charge is 0.390 e. The fourth-order valence-corrected chi connectivity index (χ4v) is 3.18. The first kappa shape index (κ1) is 17.6. The Morgan fingerprint density at radius 2 is 2.17 bits per heavy atom. The Balaban J connectivity index is 2.11. The van der Waals surface area contributed by atoms with Crippen LogP contribution in [0.5, 0.6) is 0 Å². The van der Waals surface area contributed by atoms with Crippen molar-refractivity contribution in [2.75, 3.05) is 49.6 Å². The summed E-state index contributed by atoms with van der Waals surface area (Å²) in [5.74, 6) is -0.0691. The third-order valence-corrected chi connectivity index (χ3v) is 4.64. The lowest BCUT2D eigenvalue weighted by Gasteiger charge is -2.24. The van der Waals surface area contributed by atoms with Gasteiger partial charge in [-0.2, -0.15) is 0 Å². The molecule has 9 heteroatoms. The Hall–Kier alpha value is -1.71. The number of anilines is 1. The van der Waals surface area contributed by atoms with Gasteiger partial charge in [0, 0.05) is 45.2 Å². The van der Waals surface area contributed by atoms with Gasteiger partial charge in [-0.3, -0.25) is 9.69 Å². The molecule has 1 amide bonds. The summed E-state index contributed by atoms with van der Waals surface area (Å²) in [4.78, 5) is 19.4. The minimum absolute atomic E-state index is 0.0514. The van der Waals surface area contributed by atoms with Gasteiger partial charge in [-0.05, 0) is 12.1 Å². The molecule has 1 aliphatic heterocycles. The lowest BCUT2D eigenvalue weighted by molar-refractivity contribution is 0.1000. The molecule has 1 unspecified atom stereocenters. The molecular formula is C14H22N4O4S. The second-order valence-corrected chi connectivity index (χ2v) is 8.03. The summed E-state index contributed by atoms with van der Waals surface area (Å²) in [6.07, 6.45) is 2.10. The molecule has 3 N–H and O–H groups in total. The number of hydrogen-bond donors (Lipinski definition) is 2. The fraction of sp³-hybridized carbons (Fsp3) is 0.571. The molecule has 23 heavy (non-hydrogen) atoms. The Morgan fingerprint density at radius 3 is 2.83 bits per heavy atom. The van der Waals surface area contributed by atoms with Gasteiger partial charge in [-0.1, -0.05) is 0 Å². The van der Waals surface area contributed by atoms with Crippen molar-refractivity contribution in [3.8, 4) is 0 Å². The topological polar surface area (TPSA) is 117 Å². The number of sulfone groups is 1. The molecule has 0 saturated carbocycles. The average molecular weight is 342 g/mol. The zero-order valence-electron chi connectivity index (χ0n) is 13.1. The van der Waals surface area contributed by atoms with Crippen LogP contribution in [0, 0.1) is 0 Å². The van der Waals surface area contributed by atoms with E-state index in [-0.39, 0.29) is 5.75 Å². The van der Waals surface area contributed by atoms with Gasteiger partial charge < -0.3 is 15.7 Å². The van der Waals surface area contributed by atoms with Crippen LogP contribution in [0.2, 0.25) is 0 Å². The summed E-state index contributed by atoms with van der Waals surface area (Å²) in [6.45, 7) is 2.16. The van der Waals surface area contributed by atoms with Gasteiger partial charge in [0.05, 0.1) is 17.4 Å². The molecule has 1 fully saturated rings. The van der Waals surface area contributed by atoms with Gasteiger partial charge in [0.2, 0.25) is 0 Å². The summed E-state index contributed by atoms with van der Waals surface area (Å²) in [6, 6.07) is 3.24. The highest BCUT2D eigenvalue weighted by Crippen LogP contribution is 2.18. The molecule has 0 radical (unpaired) electrons. The molecule has 0 aromatic carbocycles. The van der Waals surface area contributed by atoms with Crippen LogP contribution in [0.3, 0.4) is 0 Å². The van der Waals surface area contributed by atoms with E-state index in [1.165, 1.54) is 6.26 Å². The molecule has 0 spiro atoms. The molecular weight excluding hydrogens is 320 g/mol. The normalized spacial score (nSPS) is 20.3. The van der Waals surface area contributed by atoms with Gasteiger partial charge in [0.1, 0.15) is 15.7 Å². The smallest absolute Gasteiger partial charge is 0.252 e. The van der Waals surface area contributed by atoms with E-state index in [1.807, 2.05) is 9.80 Å². The van der Waals surface area contributed by atoms with Crippen LogP contribution in [0.25, 0.3) is 0 Å².